The maximum Gasteiger partial charge on any atom is 0.303 e. The molecular formula is C25H24ClN3O3. The Labute approximate surface area is 191 Å². The van der Waals surface area contributed by atoms with Crippen molar-refractivity contribution in [1.29, 1.82) is 0 Å². The van der Waals surface area contributed by atoms with E-state index in [0.29, 0.717) is 18.0 Å². The number of hydrazone groups is 1. The van der Waals surface area contributed by atoms with Gasteiger partial charge in [-0.1, -0.05) is 60.1 Å². The number of carboxylic acid groups (broad SMARTS) is 1. The Morgan fingerprint density at radius 3 is 2.66 bits per heavy atom. The van der Waals surface area contributed by atoms with Gasteiger partial charge in [-0.3, -0.25) is 9.59 Å². The van der Waals surface area contributed by atoms with E-state index in [-0.39, 0.29) is 31.2 Å². The molecule has 0 bridgehead atoms. The van der Waals surface area contributed by atoms with E-state index in [1.165, 1.54) is 5.01 Å². The second-order valence-corrected chi connectivity index (χ2v) is 8.40. The number of halogens is 1. The Hall–Kier alpha value is -3.25. The Balaban J connectivity index is 1.60. The molecule has 1 N–H and O–H groups in total. The molecule has 7 heteroatoms. The van der Waals surface area contributed by atoms with E-state index >= 15 is 0 Å². The third-order valence-electron chi connectivity index (χ3n) is 5.68. The average molecular weight is 450 g/mol. The van der Waals surface area contributed by atoms with Gasteiger partial charge in [0.2, 0.25) is 5.91 Å². The smallest absolute Gasteiger partial charge is 0.303 e. The van der Waals surface area contributed by atoms with Gasteiger partial charge in [-0.05, 0) is 42.5 Å². The van der Waals surface area contributed by atoms with Crippen LogP contribution in [0.3, 0.4) is 0 Å². The predicted molar refractivity (Wildman–Crippen MR) is 125 cm³/mol. The second kappa shape index (κ2) is 9.49. The zero-order valence-electron chi connectivity index (χ0n) is 17.8. The molecule has 32 heavy (non-hydrogen) atoms. The van der Waals surface area contributed by atoms with Crippen molar-refractivity contribution in [2.24, 2.45) is 5.10 Å². The number of para-hydroxylation sites is 1. The molecule has 1 aromatic heterocycles. The molecule has 6 nitrogen and oxygen atoms in total. The first-order valence-corrected chi connectivity index (χ1v) is 11.0. The van der Waals surface area contributed by atoms with E-state index in [2.05, 4.69) is 10.1 Å². The standard InChI is InChI=1S/C25H24ClN3O3/c1-16-7-5-10-18-13-19(25(26)27-24(16)18)14-20-15-21(17-8-3-2-4-9-17)28-29(20)22(30)11-6-12-23(31)32/h2-5,7-10,13,20H,6,11-12,14-15H2,1H3,(H,31,32)/t20-/m1/s1. The molecule has 0 radical (unpaired) electrons. The van der Waals surface area contributed by atoms with Crippen LogP contribution in [-0.4, -0.2) is 38.7 Å². The van der Waals surface area contributed by atoms with Gasteiger partial charge in [0.15, 0.2) is 0 Å². The molecule has 0 saturated heterocycles. The lowest BCUT2D eigenvalue weighted by Gasteiger charge is -2.22. The molecule has 1 atom stereocenters. The highest BCUT2D eigenvalue weighted by Crippen LogP contribution is 2.29. The lowest BCUT2D eigenvalue weighted by atomic mass is 9.98. The molecule has 0 fully saturated rings. The summed E-state index contributed by atoms with van der Waals surface area (Å²) in [7, 11) is 0. The van der Waals surface area contributed by atoms with Crippen molar-refractivity contribution in [2.75, 3.05) is 0 Å². The number of pyridine rings is 1. The topological polar surface area (TPSA) is 82.9 Å². The van der Waals surface area contributed by atoms with Gasteiger partial charge in [0.25, 0.3) is 0 Å². The highest BCUT2D eigenvalue weighted by atomic mass is 35.5. The van der Waals surface area contributed by atoms with Gasteiger partial charge in [0.05, 0.1) is 17.3 Å². The molecule has 0 unspecified atom stereocenters. The lowest BCUT2D eigenvalue weighted by Crippen LogP contribution is -2.34. The molecule has 164 valence electrons. The quantitative estimate of drug-likeness (QED) is 0.514. The summed E-state index contributed by atoms with van der Waals surface area (Å²) in [6, 6.07) is 17.6. The minimum Gasteiger partial charge on any atom is -0.481 e. The summed E-state index contributed by atoms with van der Waals surface area (Å²) in [5, 5.41) is 16.5. The number of carbonyl (C=O) groups is 2. The number of hydrogen-bond donors (Lipinski definition) is 1. The number of carbonyl (C=O) groups excluding carboxylic acids is 1. The third kappa shape index (κ3) is 4.81. The minimum absolute atomic E-state index is 0.0424. The van der Waals surface area contributed by atoms with Gasteiger partial charge in [-0.15, -0.1) is 0 Å². The number of amides is 1. The molecule has 2 aromatic carbocycles. The number of fused-ring (bicyclic) bond motifs is 1. The Bertz CT molecular complexity index is 1190. The molecule has 0 saturated carbocycles. The second-order valence-electron chi connectivity index (χ2n) is 8.05. The van der Waals surface area contributed by atoms with Crippen molar-refractivity contribution in [3.05, 3.63) is 76.4 Å². The van der Waals surface area contributed by atoms with Crippen LogP contribution in [0.5, 0.6) is 0 Å². The van der Waals surface area contributed by atoms with E-state index < -0.39 is 5.97 Å². The fourth-order valence-corrected chi connectivity index (χ4v) is 4.27. The van der Waals surface area contributed by atoms with Gasteiger partial charge in [-0.25, -0.2) is 9.99 Å². The Morgan fingerprint density at radius 2 is 1.91 bits per heavy atom. The number of aliphatic carboxylic acids is 1. The van der Waals surface area contributed by atoms with Crippen LogP contribution in [0.4, 0.5) is 0 Å². The molecular weight excluding hydrogens is 426 g/mol. The number of aromatic nitrogens is 1. The number of rotatable bonds is 7. The summed E-state index contributed by atoms with van der Waals surface area (Å²) in [5.74, 6) is -1.09. The molecule has 3 aromatic rings. The van der Waals surface area contributed by atoms with Crippen LogP contribution in [0.1, 0.15) is 42.4 Å². The number of nitrogens with zero attached hydrogens (tertiary/aromatic N) is 3. The Kier molecular flexibility index (Phi) is 6.51. The average Bonchev–Trinajstić information content (AvgIpc) is 3.19. The van der Waals surface area contributed by atoms with Gasteiger partial charge in [0.1, 0.15) is 5.15 Å². The van der Waals surface area contributed by atoms with Crippen LogP contribution < -0.4 is 0 Å². The zero-order chi connectivity index (χ0) is 22.7. The van der Waals surface area contributed by atoms with Gasteiger partial charge in [0, 0.05) is 24.6 Å². The number of benzene rings is 2. The largest absolute Gasteiger partial charge is 0.481 e. The highest BCUT2D eigenvalue weighted by Gasteiger charge is 2.32. The first kappa shape index (κ1) is 22.0. The van der Waals surface area contributed by atoms with Crippen LogP contribution in [0.25, 0.3) is 10.9 Å². The fourth-order valence-electron chi connectivity index (χ4n) is 4.06. The predicted octanol–water partition coefficient (Wildman–Crippen LogP) is 5.00. The van der Waals surface area contributed by atoms with Crippen molar-refractivity contribution in [2.45, 2.75) is 45.1 Å². The Morgan fingerprint density at radius 1 is 1.12 bits per heavy atom. The van der Waals surface area contributed by atoms with Crippen LogP contribution in [0.2, 0.25) is 5.15 Å². The lowest BCUT2D eigenvalue weighted by molar-refractivity contribution is -0.137. The summed E-state index contributed by atoms with van der Waals surface area (Å²) in [5.41, 5.74) is 4.60. The van der Waals surface area contributed by atoms with Crippen molar-refractivity contribution in [3.63, 3.8) is 0 Å². The summed E-state index contributed by atoms with van der Waals surface area (Å²) in [6.07, 6.45) is 1.48. The maximum atomic E-state index is 12.9. The zero-order valence-corrected chi connectivity index (χ0v) is 18.5. The fraction of sp³-hybridized carbons (Fsp3) is 0.280. The van der Waals surface area contributed by atoms with Gasteiger partial charge < -0.3 is 5.11 Å². The van der Waals surface area contributed by atoms with E-state index in [0.717, 1.165) is 33.3 Å². The number of hydrogen-bond acceptors (Lipinski definition) is 4. The number of carboxylic acids is 1. The normalized spacial score (nSPS) is 15.8. The maximum absolute atomic E-state index is 12.9. The molecule has 1 aliphatic rings. The third-order valence-corrected chi connectivity index (χ3v) is 6.00. The SMILES string of the molecule is Cc1cccc2cc(C[C@@H]3CC(c4ccccc4)=NN3C(=O)CCCC(=O)O)c(Cl)nc12. The first-order chi connectivity index (χ1) is 15.4. The summed E-state index contributed by atoms with van der Waals surface area (Å²) >= 11 is 6.54. The summed E-state index contributed by atoms with van der Waals surface area (Å²) in [6.45, 7) is 2.00. The van der Waals surface area contributed by atoms with E-state index in [1.807, 2.05) is 61.5 Å². The molecule has 0 spiro atoms. The van der Waals surface area contributed by atoms with Gasteiger partial charge in [-0.2, -0.15) is 5.10 Å². The molecule has 4 rings (SSSR count). The van der Waals surface area contributed by atoms with E-state index in [9.17, 15) is 9.59 Å². The highest BCUT2D eigenvalue weighted by molar-refractivity contribution is 6.30. The van der Waals surface area contributed by atoms with Crippen molar-refractivity contribution in [3.8, 4) is 0 Å². The summed E-state index contributed by atoms with van der Waals surface area (Å²) < 4.78 is 0. The van der Waals surface area contributed by atoms with Crippen LogP contribution >= 0.6 is 11.6 Å². The minimum atomic E-state index is -0.909. The van der Waals surface area contributed by atoms with Crippen molar-refractivity contribution < 1.29 is 14.7 Å². The molecule has 1 amide bonds. The molecule has 2 heterocycles. The van der Waals surface area contributed by atoms with E-state index in [4.69, 9.17) is 16.7 Å². The summed E-state index contributed by atoms with van der Waals surface area (Å²) in [4.78, 5) is 28.4. The first-order valence-electron chi connectivity index (χ1n) is 10.6. The van der Waals surface area contributed by atoms with Crippen molar-refractivity contribution >= 4 is 40.1 Å². The van der Waals surface area contributed by atoms with Crippen LogP contribution in [0.15, 0.2) is 59.7 Å². The van der Waals surface area contributed by atoms with Gasteiger partial charge >= 0.3 is 5.97 Å². The monoisotopic (exact) mass is 449 g/mol. The van der Waals surface area contributed by atoms with E-state index in [1.54, 1.807) is 0 Å². The molecule has 0 aliphatic carbocycles. The molecule has 1 aliphatic heterocycles. The number of aryl methyl sites for hydroxylation is 1. The van der Waals surface area contributed by atoms with Crippen LogP contribution in [0, 0.1) is 6.92 Å². The van der Waals surface area contributed by atoms with Crippen molar-refractivity contribution in [1.82, 2.24) is 9.99 Å². The van der Waals surface area contributed by atoms with Crippen LogP contribution in [-0.2, 0) is 16.0 Å².